The summed E-state index contributed by atoms with van der Waals surface area (Å²) in [6.45, 7) is 1.57. The lowest BCUT2D eigenvalue weighted by Gasteiger charge is -2.31. The highest BCUT2D eigenvalue weighted by Crippen LogP contribution is 2.41. The third-order valence-electron chi connectivity index (χ3n) is 4.70. The molecule has 2 rings (SSSR count). The molecule has 1 aromatic carbocycles. The molecule has 0 heterocycles. The second-order valence-electron chi connectivity index (χ2n) is 5.88. The molecule has 23 heavy (non-hydrogen) atoms. The van der Waals surface area contributed by atoms with Crippen LogP contribution >= 0.6 is 0 Å². The van der Waals surface area contributed by atoms with E-state index in [9.17, 15) is 23.9 Å². The second-order valence-corrected chi connectivity index (χ2v) is 5.88. The van der Waals surface area contributed by atoms with Gasteiger partial charge in [-0.3, -0.25) is 14.4 Å². The number of carboxylic acid groups (broad SMARTS) is 1. The lowest BCUT2D eigenvalue weighted by atomic mass is 9.72. The van der Waals surface area contributed by atoms with Crippen LogP contribution in [0.15, 0.2) is 18.2 Å². The lowest BCUT2D eigenvalue weighted by molar-refractivity contribution is -0.149. The van der Waals surface area contributed by atoms with E-state index in [0.717, 1.165) is 0 Å². The number of carbonyl (C=O) groups excluding carboxylic acids is 2. The third-order valence-corrected chi connectivity index (χ3v) is 4.70. The molecule has 0 aromatic heterocycles. The molecule has 2 unspecified atom stereocenters. The maximum Gasteiger partial charge on any atom is 0.316 e. The highest BCUT2D eigenvalue weighted by atomic mass is 19.1. The maximum absolute atomic E-state index is 13.9. The number of carboxylic acids is 1. The first-order valence-electron chi connectivity index (χ1n) is 7.43. The normalized spacial score (nSPS) is 24.8. The van der Waals surface area contributed by atoms with Crippen LogP contribution in [-0.2, 0) is 24.5 Å². The smallest absolute Gasteiger partial charge is 0.316 e. The number of benzene rings is 1. The molecule has 1 aliphatic rings. The zero-order valence-corrected chi connectivity index (χ0v) is 13.1. The van der Waals surface area contributed by atoms with Gasteiger partial charge in [0, 0.05) is 6.42 Å². The van der Waals surface area contributed by atoms with E-state index >= 15 is 0 Å². The molecule has 0 amide bonds. The van der Waals surface area contributed by atoms with E-state index in [4.69, 9.17) is 4.74 Å². The number of halogens is 1. The molecule has 0 saturated heterocycles. The minimum Gasteiger partial charge on any atom is -0.481 e. The molecule has 124 valence electrons. The van der Waals surface area contributed by atoms with Crippen molar-refractivity contribution in [3.8, 4) is 0 Å². The van der Waals surface area contributed by atoms with E-state index in [1.807, 2.05) is 0 Å². The van der Waals surface area contributed by atoms with Crippen LogP contribution in [0.25, 0.3) is 0 Å². The molecule has 5 nitrogen and oxygen atoms in total. The summed E-state index contributed by atoms with van der Waals surface area (Å²) < 4.78 is 18.9. The summed E-state index contributed by atoms with van der Waals surface area (Å²) in [6, 6.07) is 4.44. The number of esters is 1. The summed E-state index contributed by atoms with van der Waals surface area (Å²) in [7, 11) is 1.24. The zero-order chi connectivity index (χ0) is 17.2. The molecule has 1 aliphatic carbocycles. The Labute approximate surface area is 133 Å². The van der Waals surface area contributed by atoms with Gasteiger partial charge in [0.2, 0.25) is 0 Å². The number of Topliss-reactive ketones (excluding diaryl/α,β-unsaturated/α-hetero) is 1. The van der Waals surface area contributed by atoms with Gasteiger partial charge in [0.25, 0.3) is 0 Å². The molecule has 1 aromatic rings. The Morgan fingerprint density at radius 3 is 2.65 bits per heavy atom. The van der Waals surface area contributed by atoms with Crippen molar-refractivity contribution < 1.29 is 28.6 Å². The van der Waals surface area contributed by atoms with Crippen molar-refractivity contribution in [1.82, 2.24) is 0 Å². The molecule has 1 saturated carbocycles. The molecule has 1 N–H and O–H groups in total. The summed E-state index contributed by atoms with van der Waals surface area (Å²) in [5.41, 5.74) is -0.414. The topological polar surface area (TPSA) is 80.7 Å². The van der Waals surface area contributed by atoms with Gasteiger partial charge in [-0.2, -0.15) is 0 Å². The molecule has 0 radical (unpaired) electrons. The Bertz CT molecular complexity index is 654. The number of ether oxygens (including phenoxy) is 1. The predicted octanol–water partition coefficient (Wildman–Crippen LogP) is 2.39. The summed E-state index contributed by atoms with van der Waals surface area (Å²) >= 11 is 0. The Kier molecular flexibility index (Phi) is 4.82. The maximum atomic E-state index is 13.9. The standard InChI is InChI=1S/C17H19FO5/c1-10-12(4-3-5-13(10)18)17(16(22)23-2)8-6-11(15(20)21)14(19)7-9-17/h3-5,11H,6-9H2,1-2H3,(H,20,21). The average molecular weight is 322 g/mol. The van der Waals surface area contributed by atoms with Crippen molar-refractivity contribution in [3.05, 3.63) is 35.1 Å². The van der Waals surface area contributed by atoms with E-state index < -0.39 is 34.9 Å². The van der Waals surface area contributed by atoms with E-state index in [1.54, 1.807) is 13.0 Å². The number of hydrogen-bond donors (Lipinski definition) is 1. The number of methoxy groups -OCH3 is 1. The highest BCUT2D eigenvalue weighted by molar-refractivity contribution is 5.99. The number of ketones is 1. The fourth-order valence-electron chi connectivity index (χ4n) is 3.35. The Balaban J connectivity index is 2.53. The van der Waals surface area contributed by atoms with Crippen molar-refractivity contribution >= 4 is 17.7 Å². The highest BCUT2D eigenvalue weighted by Gasteiger charge is 2.46. The van der Waals surface area contributed by atoms with Crippen molar-refractivity contribution in [2.75, 3.05) is 7.11 Å². The van der Waals surface area contributed by atoms with Gasteiger partial charge < -0.3 is 9.84 Å². The summed E-state index contributed by atoms with van der Waals surface area (Å²) in [4.78, 5) is 35.7. The van der Waals surface area contributed by atoms with Crippen molar-refractivity contribution in [2.45, 2.75) is 38.0 Å². The van der Waals surface area contributed by atoms with Crippen LogP contribution in [-0.4, -0.2) is 29.9 Å². The minimum atomic E-state index is -1.19. The van der Waals surface area contributed by atoms with Crippen LogP contribution in [0.3, 0.4) is 0 Å². The minimum absolute atomic E-state index is 0.0270. The van der Waals surface area contributed by atoms with E-state index in [1.165, 1.54) is 19.2 Å². The first-order valence-corrected chi connectivity index (χ1v) is 7.43. The van der Waals surface area contributed by atoms with Gasteiger partial charge in [-0.15, -0.1) is 0 Å². The quantitative estimate of drug-likeness (QED) is 0.525. The van der Waals surface area contributed by atoms with Crippen LogP contribution in [0.2, 0.25) is 0 Å². The number of hydrogen-bond acceptors (Lipinski definition) is 4. The molecular weight excluding hydrogens is 303 g/mol. The van der Waals surface area contributed by atoms with Crippen molar-refractivity contribution in [2.24, 2.45) is 5.92 Å². The third kappa shape index (κ3) is 2.98. The fourth-order valence-corrected chi connectivity index (χ4v) is 3.35. The zero-order valence-electron chi connectivity index (χ0n) is 13.1. The SMILES string of the molecule is COC(=O)C1(c2cccc(F)c2C)CCC(=O)C(C(=O)O)CC1. The van der Waals surface area contributed by atoms with Gasteiger partial charge in [0.05, 0.1) is 12.5 Å². The monoisotopic (exact) mass is 322 g/mol. The van der Waals surface area contributed by atoms with Gasteiger partial charge in [-0.25, -0.2) is 4.39 Å². The summed E-state index contributed by atoms with van der Waals surface area (Å²) in [6.07, 6.45) is 0.223. The van der Waals surface area contributed by atoms with Crippen LogP contribution in [0, 0.1) is 18.7 Å². The van der Waals surface area contributed by atoms with Crippen LogP contribution in [0.4, 0.5) is 4.39 Å². The Hall–Kier alpha value is -2.24. The second kappa shape index (κ2) is 6.48. The molecular formula is C17H19FO5. The number of carbonyl (C=O) groups is 3. The van der Waals surface area contributed by atoms with Gasteiger partial charge >= 0.3 is 11.9 Å². The Morgan fingerprint density at radius 1 is 1.35 bits per heavy atom. The molecule has 6 heteroatoms. The molecule has 0 bridgehead atoms. The van der Waals surface area contributed by atoms with Gasteiger partial charge in [0.1, 0.15) is 17.5 Å². The Morgan fingerprint density at radius 2 is 2.04 bits per heavy atom. The average Bonchev–Trinajstić information content (AvgIpc) is 2.69. The van der Waals surface area contributed by atoms with E-state index in [2.05, 4.69) is 0 Å². The molecule has 0 spiro atoms. The molecule has 1 fully saturated rings. The fraction of sp³-hybridized carbons (Fsp3) is 0.471. The molecule has 0 aliphatic heterocycles. The van der Waals surface area contributed by atoms with Crippen molar-refractivity contribution in [3.63, 3.8) is 0 Å². The predicted molar refractivity (Wildman–Crippen MR) is 79.4 cm³/mol. The van der Waals surface area contributed by atoms with Crippen LogP contribution in [0.1, 0.15) is 36.8 Å². The van der Waals surface area contributed by atoms with E-state index in [-0.39, 0.29) is 25.7 Å². The summed E-state index contributed by atoms with van der Waals surface area (Å²) in [5.74, 6) is -3.74. The molecule has 2 atom stereocenters. The van der Waals surface area contributed by atoms with Gasteiger partial charge in [-0.1, -0.05) is 12.1 Å². The van der Waals surface area contributed by atoms with Gasteiger partial charge in [0.15, 0.2) is 0 Å². The van der Waals surface area contributed by atoms with Crippen molar-refractivity contribution in [1.29, 1.82) is 0 Å². The first-order chi connectivity index (χ1) is 10.8. The van der Waals surface area contributed by atoms with E-state index in [0.29, 0.717) is 11.1 Å². The summed E-state index contributed by atoms with van der Waals surface area (Å²) in [5, 5.41) is 9.17. The number of aliphatic carboxylic acids is 1. The first kappa shape index (κ1) is 17.1. The largest absolute Gasteiger partial charge is 0.481 e. The van der Waals surface area contributed by atoms with Crippen LogP contribution in [0.5, 0.6) is 0 Å². The van der Waals surface area contributed by atoms with Crippen LogP contribution < -0.4 is 0 Å². The number of rotatable bonds is 3. The lowest BCUT2D eigenvalue weighted by Crippen LogP contribution is -2.37. The van der Waals surface area contributed by atoms with Gasteiger partial charge in [-0.05, 0) is 43.4 Å².